The number of nitrogens with one attached hydrogen (secondary N) is 1. The molecule has 2 aliphatic heterocycles. The number of hydrogen-bond acceptors (Lipinski definition) is 8. The largest absolute Gasteiger partial charge is 0.325 e. The van der Waals surface area contributed by atoms with Crippen molar-refractivity contribution >= 4 is 50.2 Å². The molecule has 1 aromatic carbocycles. The molecular weight excluding hydrogens is 703 g/mol. The van der Waals surface area contributed by atoms with Crippen LogP contribution in [0.2, 0.25) is 0 Å². The predicted octanol–water partition coefficient (Wildman–Crippen LogP) is 5.84. The van der Waals surface area contributed by atoms with Gasteiger partial charge in [0.2, 0.25) is 11.8 Å². The maximum atomic E-state index is 14.7. The van der Waals surface area contributed by atoms with Crippen molar-refractivity contribution in [3.8, 4) is 11.1 Å². The van der Waals surface area contributed by atoms with Gasteiger partial charge in [-0.2, -0.15) is 5.10 Å². The van der Waals surface area contributed by atoms with Crippen LogP contribution < -0.4 is 5.32 Å². The van der Waals surface area contributed by atoms with Crippen molar-refractivity contribution in [3.63, 3.8) is 0 Å². The molecule has 1 saturated heterocycles. The van der Waals surface area contributed by atoms with Gasteiger partial charge in [0.05, 0.1) is 5.52 Å². The zero-order valence-electron chi connectivity index (χ0n) is 28.5. The van der Waals surface area contributed by atoms with Crippen LogP contribution in [0.4, 0.5) is 10.2 Å². The van der Waals surface area contributed by atoms with E-state index < -0.39 is 12.7 Å². The van der Waals surface area contributed by atoms with E-state index in [4.69, 9.17) is 0 Å². The molecule has 2 fully saturated rings. The summed E-state index contributed by atoms with van der Waals surface area (Å²) in [7, 11) is 2.11. The third-order valence-electron chi connectivity index (χ3n) is 10.2. The number of anilines is 1. The highest BCUT2D eigenvalue weighted by Crippen LogP contribution is 2.60. The number of fused-ring (bicyclic) bond motifs is 3. The minimum atomic E-state index is -0.835. The lowest BCUT2D eigenvalue weighted by Crippen LogP contribution is -2.47. The SMILES string of the molecule is CC(=O)c1nn(CC(=O)N2[C@H]3C[C@]4(C[C@@H]24)CN(C)CCCCC=CCc2ccc(Br)nc2NC3=O)c2c(CF)cc(-c3cnc(C)nc3)cc12. The first kappa shape index (κ1) is 34.1. The Morgan fingerprint density at radius 1 is 1.10 bits per heavy atom. The topological polar surface area (TPSA) is 126 Å². The van der Waals surface area contributed by atoms with E-state index in [2.05, 4.69) is 65.4 Å². The van der Waals surface area contributed by atoms with Gasteiger partial charge in [-0.3, -0.25) is 19.1 Å². The second-order valence-corrected chi connectivity index (χ2v) is 14.7. The summed E-state index contributed by atoms with van der Waals surface area (Å²) in [6.45, 7) is 3.81. The number of hydrogen-bond donors (Lipinski definition) is 1. The van der Waals surface area contributed by atoms with Gasteiger partial charge in [0.1, 0.15) is 41.2 Å². The van der Waals surface area contributed by atoms with Crippen molar-refractivity contribution in [1.29, 1.82) is 0 Å². The average Bonchev–Trinajstić information content (AvgIpc) is 3.47. The van der Waals surface area contributed by atoms with E-state index in [1.54, 1.807) is 36.4 Å². The van der Waals surface area contributed by atoms with Gasteiger partial charge < -0.3 is 15.1 Å². The van der Waals surface area contributed by atoms with Crippen LogP contribution in [0.15, 0.2) is 53.4 Å². The maximum absolute atomic E-state index is 14.7. The minimum Gasteiger partial charge on any atom is -0.325 e. The Kier molecular flexibility index (Phi) is 9.38. The molecule has 3 atom stereocenters. The summed E-state index contributed by atoms with van der Waals surface area (Å²) in [6, 6.07) is 6.41. The van der Waals surface area contributed by atoms with Crippen LogP contribution >= 0.6 is 15.9 Å². The van der Waals surface area contributed by atoms with Gasteiger partial charge in [0, 0.05) is 53.8 Å². The van der Waals surface area contributed by atoms with Gasteiger partial charge in [-0.25, -0.2) is 19.3 Å². The summed E-state index contributed by atoms with van der Waals surface area (Å²) in [5, 5.41) is 8.08. The third-order valence-corrected chi connectivity index (χ3v) is 10.7. The third kappa shape index (κ3) is 6.60. The van der Waals surface area contributed by atoms with Gasteiger partial charge in [-0.1, -0.05) is 18.2 Å². The number of alkyl halides is 1. The standard InChI is InChI=1S/C37H40BrFN8O3/c1-22(48)33-28-14-25(27-18-40-23(2)41-19-27)13-26(17-39)34(28)46(44-33)20-32(49)47-29-15-37(16-30(37)47)21-45(3)12-8-6-4-5-7-9-24-10-11-31(38)42-35(24)43-36(29)50/h5,7,10-11,13-14,18-19,29-30H,4,6,8-9,12,15-17,20-21H2,1-3H3,(H,42,43,50)/t29-,30+,37-/m0/s1. The van der Waals surface area contributed by atoms with Crippen LogP contribution in [-0.4, -0.2) is 84.4 Å². The molecule has 260 valence electrons. The minimum absolute atomic E-state index is 0.122. The first-order valence-electron chi connectivity index (χ1n) is 17.1. The quantitative estimate of drug-likeness (QED) is 0.154. The van der Waals surface area contributed by atoms with Gasteiger partial charge in [0.15, 0.2) is 5.78 Å². The Morgan fingerprint density at radius 3 is 2.66 bits per heavy atom. The molecule has 1 N–H and O–H groups in total. The lowest BCUT2D eigenvalue weighted by Gasteiger charge is -2.27. The summed E-state index contributed by atoms with van der Waals surface area (Å²) >= 11 is 3.44. The molecule has 50 heavy (non-hydrogen) atoms. The zero-order chi connectivity index (χ0) is 35.2. The number of pyridine rings is 1. The number of aryl methyl sites for hydroxylation is 1. The summed E-state index contributed by atoms with van der Waals surface area (Å²) in [4.78, 5) is 58.6. The number of allylic oxidation sites excluding steroid dienone is 2. The van der Waals surface area contributed by atoms with Gasteiger partial charge >= 0.3 is 0 Å². The van der Waals surface area contributed by atoms with E-state index in [-0.39, 0.29) is 41.3 Å². The van der Waals surface area contributed by atoms with Gasteiger partial charge in [-0.05, 0) is 104 Å². The Balaban J connectivity index is 1.24. The molecule has 1 aliphatic carbocycles. The number of piperidine rings is 1. The number of benzene rings is 1. The molecule has 13 heteroatoms. The van der Waals surface area contributed by atoms with Gasteiger partial charge in [-0.15, -0.1) is 0 Å². The van der Waals surface area contributed by atoms with Crippen LogP contribution in [0.1, 0.15) is 66.5 Å². The molecule has 11 nitrogen and oxygen atoms in total. The summed E-state index contributed by atoms with van der Waals surface area (Å²) < 4.78 is 16.8. The Bertz CT molecular complexity index is 2010. The molecule has 0 radical (unpaired) electrons. The number of carbonyl (C=O) groups is 3. The molecule has 5 heterocycles. The van der Waals surface area contributed by atoms with Crippen LogP contribution in [-0.2, 0) is 29.2 Å². The molecule has 1 spiro atoms. The fourth-order valence-corrected chi connectivity index (χ4v) is 8.07. The predicted molar refractivity (Wildman–Crippen MR) is 191 cm³/mol. The van der Waals surface area contributed by atoms with Crippen LogP contribution in [0, 0.1) is 12.3 Å². The molecule has 2 amide bonds. The smallest absolute Gasteiger partial charge is 0.248 e. The van der Waals surface area contributed by atoms with Crippen molar-refractivity contribution in [2.24, 2.45) is 5.41 Å². The first-order valence-corrected chi connectivity index (χ1v) is 17.9. The number of Topliss-reactive ketones (excluding diaryl/α,β-unsaturated/α-hetero) is 1. The van der Waals surface area contributed by atoms with E-state index in [1.165, 1.54) is 11.6 Å². The van der Waals surface area contributed by atoms with Crippen molar-refractivity contribution < 1.29 is 18.8 Å². The lowest BCUT2D eigenvalue weighted by molar-refractivity contribution is -0.138. The number of carbonyl (C=O) groups excluding carboxylic acids is 3. The average molecular weight is 744 g/mol. The van der Waals surface area contributed by atoms with Crippen molar-refractivity contribution in [1.82, 2.24) is 34.5 Å². The van der Waals surface area contributed by atoms with Crippen molar-refractivity contribution in [3.05, 3.63) is 76.1 Å². The number of aromatic nitrogens is 5. The van der Waals surface area contributed by atoms with Crippen LogP contribution in [0.25, 0.3) is 22.0 Å². The van der Waals surface area contributed by atoms with E-state index in [0.29, 0.717) is 56.7 Å². The van der Waals surface area contributed by atoms with Crippen LogP contribution in [0.3, 0.4) is 0 Å². The molecule has 4 aromatic rings. The number of amides is 2. The molecular formula is C37H40BrFN8O3. The number of nitrogens with zero attached hydrogens (tertiary/aromatic N) is 7. The zero-order valence-corrected chi connectivity index (χ0v) is 30.0. The van der Waals surface area contributed by atoms with E-state index in [9.17, 15) is 18.8 Å². The Hall–Kier alpha value is -4.36. The fourth-order valence-electron chi connectivity index (χ4n) is 7.77. The van der Waals surface area contributed by atoms with Crippen molar-refractivity contribution in [2.75, 3.05) is 25.5 Å². The summed E-state index contributed by atoms with van der Waals surface area (Å²) in [5.41, 5.74) is 2.82. The monoisotopic (exact) mass is 742 g/mol. The molecule has 3 aliphatic rings. The highest BCUT2D eigenvalue weighted by molar-refractivity contribution is 9.10. The van der Waals surface area contributed by atoms with Crippen molar-refractivity contribution in [2.45, 2.75) is 77.7 Å². The number of halogens is 2. The first-order chi connectivity index (χ1) is 24.1. The number of ketones is 1. The fraction of sp³-hybridized carbons (Fsp3) is 0.432. The molecule has 3 aromatic heterocycles. The maximum Gasteiger partial charge on any atom is 0.248 e. The molecule has 0 unspecified atom stereocenters. The highest BCUT2D eigenvalue weighted by Gasteiger charge is 2.67. The van der Waals surface area contributed by atoms with Gasteiger partial charge in [0.25, 0.3) is 0 Å². The van der Waals surface area contributed by atoms with E-state index >= 15 is 0 Å². The molecule has 1 saturated carbocycles. The molecule has 7 rings (SSSR count). The van der Waals surface area contributed by atoms with Crippen LogP contribution in [0.5, 0.6) is 0 Å². The normalized spacial score (nSPS) is 22.7. The highest BCUT2D eigenvalue weighted by atomic mass is 79.9. The Morgan fingerprint density at radius 2 is 1.90 bits per heavy atom. The number of likely N-dealkylation sites (tertiary alicyclic amines) is 1. The molecule has 2 bridgehead atoms. The number of rotatable bonds is 5. The van der Waals surface area contributed by atoms with E-state index in [0.717, 1.165) is 44.3 Å². The second-order valence-electron chi connectivity index (χ2n) is 13.9. The Labute approximate surface area is 298 Å². The summed E-state index contributed by atoms with van der Waals surface area (Å²) in [5.74, 6) is 0.168. The summed E-state index contributed by atoms with van der Waals surface area (Å²) in [6.07, 6.45) is 12.7. The van der Waals surface area contributed by atoms with E-state index in [1.807, 2.05) is 12.1 Å². The lowest BCUT2D eigenvalue weighted by atomic mass is 9.98. The second kappa shape index (κ2) is 13.7.